The Morgan fingerprint density at radius 2 is 1.37 bits per heavy atom. The molecular weight excluding hydrogens is 663 g/mol. The van der Waals surface area contributed by atoms with Gasteiger partial charge in [-0.05, 0) is 43.2 Å². The lowest BCUT2D eigenvalue weighted by Crippen LogP contribution is -2.56. The number of imide groups is 1. The van der Waals surface area contributed by atoms with Crippen LogP contribution in [0.25, 0.3) is 0 Å². The van der Waals surface area contributed by atoms with Gasteiger partial charge < -0.3 is 0 Å². The van der Waals surface area contributed by atoms with Crippen LogP contribution in [0, 0.1) is 35.8 Å². The third-order valence-corrected chi connectivity index (χ3v) is 12.1. The summed E-state index contributed by atoms with van der Waals surface area (Å²) in [6.07, 6.45) is 0. The highest BCUT2D eigenvalue weighted by Gasteiger charge is 2.88. The number of benzene rings is 2. The average molecular weight is 680 g/mol. The number of non-ortho nitro benzene ring substituents is 1. The number of nitro groups is 1. The standard InChI is InChI=1S/C26H17Cl6N3O6/c1-11-3-4-14(9-12(11)2)16(36)10-33(21(37)13-5-7-15(8-6-13)35(40)41)34-22(38)17-18(23(34)39)25(30)20(28)19(27)24(17,29)26(25,31)32/h3-9,17-18H,10H2,1-2H3/t17-,18+,24-,25-/m1/s1. The number of amides is 3. The Morgan fingerprint density at radius 3 is 1.83 bits per heavy atom. The van der Waals surface area contributed by atoms with Crippen LogP contribution in [0.5, 0.6) is 0 Å². The summed E-state index contributed by atoms with van der Waals surface area (Å²) in [6.45, 7) is 2.88. The highest BCUT2D eigenvalue weighted by molar-refractivity contribution is 6.66. The molecule has 0 aromatic heterocycles. The third kappa shape index (κ3) is 3.90. The molecule has 2 aromatic rings. The van der Waals surface area contributed by atoms with E-state index >= 15 is 0 Å². The Kier molecular flexibility index (Phi) is 7.21. The number of rotatable bonds is 6. The van der Waals surface area contributed by atoms with Crippen LogP contribution < -0.4 is 0 Å². The number of allylic oxidation sites excluding steroid dienone is 2. The van der Waals surface area contributed by atoms with Crippen LogP contribution in [0.1, 0.15) is 31.8 Å². The SMILES string of the molecule is Cc1ccc(C(=O)CN(C(=O)c2ccc([N+](=O)[O-])cc2)N2C(=O)[C@@H]3[C@H](C2=O)[C@@]2(Cl)C(Cl)=C(Cl)[C@@]3(Cl)C2(Cl)Cl)cc1C. The van der Waals surface area contributed by atoms with Gasteiger partial charge in [0.15, 0.2) is 10.1 Å². The number of carbonyl (C=O) groups excluding carboxylic acids is 4. The van der Waals surface area contributed by atoms with Gasteiger partial charge in [0, 0.05) is 23.3 Å². The maximum Gasteiger partial charge on any atom is 0.273 e. The van der Waals surface area contributed by atoms with Gasteiger partial charge in [-0.25, -0.2) is 5.01 Å². The minimum atomic E-state index is -2.19. The largest absolute Gasteiger partial charge is 0.292 e. The number of ketones is 1. The molecule has 15 heteroatoms. The molecular formula is C26H17Cl6N3O6. The summed E-state index contributed by atoms with van der Waals surface area (Å²) in [5, 5.41) is 11.6. The van der Waals surface area contributed by atoms with Crippen LogP contribution in [-0.2, 0) is 9.59 Å². The predicted octanol–water partition coefficient (Wildman–Crippen LogP) is 5.90. The van der Waals surface area contributed by atoms with Crippen LogP contribution >= 0.6 is 69.6 Å². The molecule has 2 fully saturated rings. The van der Waals surface area contributed by atoms with Crippen molar-refractivity contribution < 1.29 is 24.1 Å². The van der Waals surface area contributed by atoms with E-state index in [4.69, 9.17) is 69.6 Å². The van der Waals surface area contributed by atoms with E-state index in [1.807, 2.05) is 6.92 Å². The molecule has 2 bridgehead atoms. The maximum atomic E-state index is 13.9. The number of nitro benzene ring substituents is 1. The van der Waals surface area contributed by atoms with E-state index in [0.717, 1.165) is 35.4 Å². The summed E-state index contributed by atoms with van der Waals surface area (Å²) in [5.41, 5.74) is 1.48. The van der Waals surface area contributed by atoms with Crippen LogP contribution in [-0.4, -0.2) is 59.1 Å². The number of nitrogens with zero attached hydrogens (tertiary/aromatic N) is 3. The number of Topliss-reactive ketones (excluding diaryl/α,β-unsaturated/α-hetero) is 1. The van der Waals surface area contributed by atoms with Gasteiger partial charge in [0.05, 0.1) is 26.8 Å². The first-order valence-electron chi connectivity index (χ1n) is 11.9. The summed E-state index contributed by atoms with van der Waals surface area (Å²) in [6, 6.07) is 9.26. The lowest BCUT2D eigenvalue weighted by Gasteiger charge is -2.36. The van der Waals surface area contributed by atoms with Gasteiger partial charge in [0.2, 0.25) is 0 Å². The molecule has 1 heterocycles. The summed E-state index contributed by atoms with van der Waals surface area (Å²) in [5.74, 6) is -6.73. The third-order valence-electron chi connectivity index (χ3n) is 7.81. The molecule has 1 saturated carbocycles. The fourth-order valence-electron chi connectivity index (χ4n) is 5.47. The molecule has 214 valence electrons. The molecule has 2 aromatic carbocycles. The van der Waals surface area contributed by atoms with Crippen LogP contribution in [0.2, 0.25) is 0 Å². The topological polar surface area (TPSA) is 118 Å². The Hall–Kier alpha value is -2.40. The minimum Gasteiger partial charge on any atom is -0.292 e. The fourth-order valence-corrected chi connectivity index (χ4v) is 8.40. The van der Waals surface area contributed by atoms with E-state index in [1.54, 1.807) is 25.1 Å². The Morgan fingerprint density at radius 1 is 0.878 bits per heavy atom. The number of aryl methyl sites for hydroxylation is 2. The Labute approximate surface area is 262 Å². The first kappa shape index (κ1) is 30.1. The monoisotopic (exact) mass is 677 g/mol. The molecule has 0 N–H and O–H groups in total. The molecule has 4 atom stereocenters. The van der Waals surface area contributed by atoms with Crippen molar-refractivity contribution in [1.29, 1.82) is 0 Å². The van der Waals surface area contributed by atoms with Gasteiger partial charge >= 0.3 is 0 Å². The lowest BCUT2D eigenvalue weighted by molar-refractivity contribution is -0.384. The van der Waals surface area contributed by atoms with Crippen molar-refractivity contribution >= 4 is 98.8 Å². The normalized spacial score (nSPS) is 27.9. The summed E-state index contributed by atoms with van der Waals surface area (Å²) < 4.78 is -2.19. The summed E-state index contributed by atoms with van der Waals surface area (Å²) >= 11 is 39.3. The fraction of sp³-hybridized carbons (Fsp3) is 0.308. The number of hydrogen-bond donors (Lipinski definition) is 0. The molecule has 0 spiro atoms. The lowest BCUT2D eigenvalue weighted by atomic mass is 9.84. The quantitative estimate of drug-likeness (QED) is 0.123. The maximum absolute atomic E-state index is 13.9. The number of alkyl halides is 4. The van der Waals surface area contributed by atoms with Crippen molar-refractivity contribution in [2.45, 2.75) is 27.9 Å². The van der Waals surface area contributed by atoms with E-state index < -0.39 is 60.9 Å². The van der Waals surface area contributed by atoms with Crippen LogP contribution in [0.15, 0.2) is 52.5 Å². The summed E-state index contributed by atoms with van der Waals surface area (Å²) in [4.78, 5) is 61.3. The van der Waals surface area contributed by atoms with E-state index in [0.29, 0.717) is 10.0 Å². The van der Waals surface area contributed by atoms with E-state index in [-0.39, 0.29) is 26.9 Å². The van der Waals surface area contributed by atoms with E-state index in [2.05, 4.69) is 0 Å². The number of halogens is 6. The van der Waals surface area contributed by atoms with Gasteiger partial charge in [-0.2, -0.15) is 5.01 Å². The Bertz CT molecular complexity index is 1570. The second-order valence-electron chi connectivity index (χ2n) is 9.96. The van der Waals surface area contributed by atoms with Crippen LogP contribution in [0.4, 0.5) is 5.69 Å². The molecule has 2 aliphatic carbocycles. The summed E-state index contributed by atoms with van der Waals surface area (Å²) in [7, 11) is 0. The van der Waals surface area contributed by atoms with Gasteiger partial charge in [-0.3, -0.25) is 29.3 Å². The van der Waals surface area contributed by atoms with Crippen molar-refractivity contribution in [2.75, 3.05) is 6.54 Å². The van der Waals surface area contributed by atoms with Gasteiger partial charge in [0.1, 0.15) is 16.3 Å². The van der Waals surface area contributed by atoms with Crippen molar-refractivity contribution in [3.8, 4) is 0 Å². The van der Waals surface area contributed by atoms with Gasteiger partial charge in [0.25, 0.3) is 23.4 Å². The molecule has 9 nitrogen and oxygen atoms in total. The van der Waals surface area contributed by atoms with Crippen molar-refractivity contribution in [1.82, 2.24) is 10.0 Å². The molecule has 0 unspecified atom stereocenters. The van der Waals surface area contributed by atoms with E-state index in [9.17, 15) is 29.3 Å². The second kappa shape index (κ2) is 9.82. The number of carbonyl (C=O) groups is 4. The molecule has 5 rings (SSSR count). The smallest absolute Gasteiger partial charge is 0.273 e. The first-order valence-corrected chi connectivity index (χ1v) is 14.1. The van der Waals surface area contributed by atoms with Crippen LogP contribution in [0.3, 0.4) is 0 Å². The van der Waals surface area contributed by atoms with Crippen molar-refractivity contribution in [3.63, 3.8) is 0 Å². The molecule has 1 saturated heterocycles. The first-order chi connectivity index (χ1) is 19.0. The zero-order valence-electron chi connectivity index (χ0n) is 21.0. The molecule has 3 amide bonds. The molecule has 41 heavy (non-hydrogen) atoms. The van der Waals surface area contributed by atoms with Crippen molar-refractivity contribution in [2.24, 2.45) is 11.8 Å². The van der Waals surface area contributed by atoms with E-state index in [1.165, 1.54) is 0 Å². The highest BCUT2D eigenvalue weighted by atomic mass is 35.5. The second-order valence-corrected chi connectivity index (χ2v) is 13.2. The molecule has 0 radical (unpaired) electrons. The molecule has 3 aliphatic rings. The predicted molar refractivity (Wildman–Crippen MR) is 154 cm³/mol. The number of hydrazine groups is 1. The highest BCUT2D eigenvalue weighted by Crippen LogP contribution is 2.77. The minimum absolute atomic E-state index is 0.150. The zero-order chi connectivity index (χ0) is 30.4. The van der Waals surface area contributed by atoms with Gasteiger partial charge in [-0.1, -0.05) is 58.5 Å². The zero-order valence-corrected chi connectivity index (χ0v) is 25.5. The van der Waals surface area contributed by atoms with Gasteiger partial charge in [-0.15, -0.1) is 23.2 Å². The number of fused-ring (bicyclic) bond motifs is 5. The Balaban J connectivity index is 1.59. The average Bonchev–Trinajstić information content (AvgIpc) is 3.31. The van der Waals surface area contributed by atoms with Crippen molar-refractivity contribution in [3.05, 3.63) is 84.9 Å². The number of hydrogen-bond acceptors (Lipinski definition) is 6. The molecule has 1 aliphatic heterocycles.